The van der Waals surface area contributed by atoms with E-state index in [9.17, 15) is 22.8 Å². The number of halogens is 4. The molecule has 2 aliphatic heterocycles. The van der Waals surface area contributed by atoms with Crippen molar-refractivity contribution in [2.24, 2.45) is 0 Å². The molecule has 2 fully saturated rings. The Morgan fingerprint density at radius 3 is 2.59 bits per heavy atom. The van der Waals surface area contributed by atoms with Gasteiger partial charge >= 0.3 is 6.36 Å². The number of carbonyl (C=O) groups excluding carboxylic acids is 2. The number of hydrazine groups is 1. The summed E-state index contributed by atoms with van der Waals surface area (Å²) in [5.41, 5.74) is 0.527. The third-order valence-corrected chi connectivity index (χ3v) is 5.49. The summed E-state index contributed by atoms with van der Waals surface area (Å²) >= 11 is 6.39. The smallest absolute Gasteiger partial charge is 0.406 e. The number of piperazine rings is 1. The van der Waals surface area contributed by atoms with Gasteiger partial charge in [0.15, 0.2) is 0 Å². The highest BCUT2D eigenvalue weighted by atomic mass is 35.5. The molecule has 1 aromatic rings. The molecule has 0 aliphatic carbocycles. The highest BCUT2D eigenvalue weighted by Crippen LogP contribution is 2.25. The Morgan fingerprint density at radius 1 is 1.21 bits per heavy atom. The number of rotatable bonds is 4. The molecule has 2 heterocycles. The molecule has 2 atom stereocenters. The molecule has 0 bridgehead atoms. The molecule has 160 valence electrons. The van der Waals surface area contributed by atoms with Crippen LogP contribution in [-0.4, -0.2) is 89.7 Å². The first-order valence-corrected chi connectivity index (χ1v) is 9.48. The predicted molar refractivity (Wildman–Crippen MR) is 98.9 cm³/mol. The van der Waals surface area contributed by atoms with Crippen molar-refractivity contribution >= 4 is 23.4 Å². The average Bonchev–Trinajstić information content (AvgIpc) is 2.61. The van der Waals surface area contributed by atoms with E-state index in [1.165, 1.54) is 23.2 Å². The van der Waals surface area contributed by atoms with E-state index in [4.69, 9.17) is 11.6 Å². The second-order valence-corrected chi connectivity index (χ2v) is 7.70. The maximum atomic E-state index is 12.6. The van der Waals surface area contributed by atoms with Gasteiger partial charge in [-0.2, -0.15) is 0 Å². The lowest BCUT2D eigenvalue weighted by molar-refractivity contribution is -0.274. The molecule has 0 aromatic heterocycles. The minimum Gasteiger partial charge on any atom is -0.406 e. The molecule has 2 saturated heterocycles. The number of amides is 2. The Balaban J connectivity index is 1.63. The lowest BCUT2D eigenvalue weighted by atomic mass is 10.1. The van der Waals surface area contributed by atoms with Crippen molar-refractivity contribution in [1.29, 1.82) is 0 Å². The van der Waals surface area contributed by atoms with E-state index in [1.54, 1.807) is 35.0 Å². The van der Waals surface area contributed by atoms with Gasteiger partial charge in [-0.3, -0.25) is 19.5 Å². The maximum Gasteiger partial charge on any atom is 0.573 e. The van der Waals surface area contributed by atoms with E-state index in [-0.39, 0.29) is 30.7 Å². The monoisotopic (exact) mass is 434 g/mol. The van der Waals surface area contributed by atoms with Crippen LogP contribution in [0.2, 0.25) is 0 Å². The lowest BCUT2D eigenvalue weighted by Crippen LogP contribution is -2.66. The number of ether oxygens (including phenoxy) is 1. The molecule has 2 amide bonds. The fourth-order valence-electron chi connectivity index (χ4n) is 3.57. The number of nitrogens with zero attached hydrogens (tertiary/aromatic N) is 4. The van der Waals surface area contributed by atoms with E-state index in [1.807, 2.05) is 0 Å². The van der Waals surface area contributed by atoms with Crippen molar-refractivity contribution in [3.63, 3.8) is 0 Å². The lowest BCUT2D eigenvalue weighted by Gasteiger charge is -2.46. The minimum absolute atomic E-state index is 0.0237. The molecular weight excluding hydrogens is 413 g/mol. The van der Waals surface area contributed by atoms with Crippen molar-refractivity contribution in [3.05, 3.63) is 29.8 Å². The van der Waals surface area contributed by atoms with Crippen LogP contribution in [0.5, 0.6) is 5.75 Å². The van der Waals surface area contributed by atoms with Crippen LogP contribution in [0.1, 0.15) is 5.56 Å². The van der Waals surface area contributed by atoms with Gasteiger partial charge in [-0.05, 0) is 17.7 Å². The fraction of sp³-hybridized carbons (Fsp3) is 0.556. The summed E-state index contributed by atoms with van der Waals surface area (Å²) in [7, 11) is 3.43. The van der Waals surface area contributed by atoms with Crippen molar-refractivity contribution < 1.29 is 27.5 Å². The molecule has 2 aliphatic rings. The second kappa shape index (κ2) is 8.37. The van der Waals surface area contributed by atoms with Gasteiger partial charge in [0.05, 0.1) is 11.9 Å². The summed E-state index contributed by atoms with van der Waals surface area (Å²) in [6.45, 7) is 1.45. The highest BCUT2D eigenvalue weighted by Gasteiger charge is 2.43. The second-order valence-electron chi connectivity index (χ2n) is 7.14. The van der Waals surface area contributed by atoms with E-state index < -0.39 is 17.8 Å². The number of benzene rings is 1. The van der Waals surface area contributed by atoms with Crippen LogP contribution in [0.4, 0.5) is 13.2 Å². The van der Waals surface area contributed by atoms with Crippen LogP contribution in [0.25, 0.3) is 0 Å². The van der Waals surface area contributed by atoms with Gasteiger partial charge in [-0.1, -0.05) is 12.1 Å². The summed E-state index contributed by atoms with van der Waals surface area (Å²) < 4.78 is 41.1. The number of alkyl halides is 4. The van der Waals surface area contributed by atoms with Gasteiger partial charge in [0, 0.05) is 40.3 Å². The summed E-state index contributed by atoms with van der Waals surface area (Å²) in [4.78, 5) is 28.5. The first kappa shape index (κ1) is 21.7. The van der Waals surface area contributed by atoms with Gasteiger partial charge in [-0.15, -0.1) is 24.8 Å². The maximum absolute atomic E-state index is 12.6. The first-order chi connectivity index (χ1) is 13.5. The van der Waals surface area contributed by atoms with Crippen LogP contribution in [0, 0.1) is 0 Å². The highest BCUT2D eigenvalue weighted by molar-refractivity contribution is 6.23. The van der Waals surface area contributed by atoms with E-state index >= 15 is 0 Å². The minimum atomic E-state index is -4.77. The van der Waals surface area contributed by atoms with Gasteiger partial charge in [0.2, 0.25) is 5.91 Å². The summed E-state index contributed by atoms with van der Waals surface area (Å²) in [6, 6.07) is 4.96. The number of hydrogen-bond donors (Lipinski definition) is 0. The molecule has 0 N–H and O–H groups in total. The molecule has 7 nitrogen and oxygen atoms in total. The van der Waals surface area contributed by atoms with Crippen LogP contribution >= 0.6 is 11.6 Å². The van der Waals surface area contributed by atoms with Gasteiger partial charge in [0.1, 0.15) is 11.8 Å². The van der Waals surface area contributed by atoms with Crippen LogP contribution in [0.3, 0.4) is 0 Å². The van der Waals surface area contributed by atoms with Gasteiger partial charge in [0.25, 0.3) is 5.91 Å². The zero-order chi connectivity index (χ0) is 21.3. The number of likely N-dealkylation sites (N-methyl/N-ethyl adjacent to an activating group) is 1. The van der Waals surface area contributed by atoms with Crippen LogP contribution < -0.4 is 4.74 Å². The summed E-state index contributed by atoms with van der Waals surface area (Å²) in [5, 5.41) is 2.77. The van der Waals surface area contributed by atoms with Gasteiger partial charge < -0.3 is 9.64 Å². The summed E-state index contributed by atoms with van der Waals surface area (Å²) in [5.74, 6) is -0.709. The van der Waals surface area contributed by atoms with Crippen LogP contribution in [0.15, 0.2) is 24.3 Å². The molecule has 11 heteroatoms. The average molecular weight is 435 g/mol. The predicted octanol–water partition coefficient (Wildman–Crippen LogP) is 1.52. The van der Waals surface area contributed by atoms with Gasteiger partial charge in [-0.25, -0.2) is 5.01 Å². The Labute approximate surface area is 171 Å². The standard InChI is InChI=1S/C18H22ClF3N4O3/c1-23-10-14(19)16(17(28)24(23)2)26-7-6-25(15(27)11-26)9-12-4-3-5-13(8-12)29-18(20,21)22/h3-5,8,14,16H,6-7,9-11H2,1-2H3. The largest absolute Gasteiger partial charge is 0.573 e. The molecule has 1 aromatic carbocycles. The SMILES string of the molecule is CN1CC(Cl)C(N2CCN(Cc3cccc(OC(F)(F)F)c3)C(=O)C2)C(=O)N1C. The molecular formula is C18H22ClF3N4O3. The third kappa shape index (κ3) is 5.12. The molecule has 0 spiro atoms. The summed E-state index contributed by atoms with van der Waals surface area (Å²) in [6.07, 6.45) is -4.77. The molecule has 0 radical (unpaired) electrons. The fourth-order valence-corrected chi connectivity index (χ4v) is 4.03. The number of hydrogen-bond acceptors (Lipinski definition) is 5. The Hall–Kier alpha value is -2.04. The zero-order valence-corrected chi connectivity index (χ0v) is 16.8. The Morgan fingerprint density at radius 2 is 1.93 bits per heavy atom. The van der Waals surface area contributed by atoms with Crippen molar-refractivity contribution in [1.82, 2.24) is 19.8 Å². The van der Waals surface area contributed by atoms with E-state index in [0.717, 1.165) is 0 Å². The van der Waals surface area contributed by atoms with Crippen molar-refractivity contribution in [2.45, 2.75) is 24.3 Å². The zero-order valence-electron chi connectivity index (χ0n) is 16.0. The van der Waals surface area contributed by atoms with Crippen molar-refractivity contribution in [3.8, 4) is 5.75 Å². The normalized spacial score (nSPS) is 24.9. The first-order valence-electron chi connectivity index (χ1n) is 9.04. The van der Waals surface area contributed by atoms with Crippen LogP contribution in [-0.2, 0) is 16.1 Å². The van der Waals surface area contributed by atoms with Crippen molar-refractivity contribution in [2.75, 3.05) is 40.3 Å². The molecule has 29 heavy (non-hydrogen) atoms. The van der Waals surface area contributed by atoms with E-state index in [0.29, 0.717) is 25.2 Å². The Bertz CT molecular complexity index is 779. The molecule has 0 saturated carbocycles. The Kier molecular flexibility index (Phi) is 6.25. The quantitative estimate of drug-likeness (QED) is 0.673. The third-order valence-electron chi connectivity index (χ3n) is 5.11. The topological polar surface area (TPSA) is 56.3 Å². The molecule has 3 rings (SSSR count). The molecule has 2 unspecified atom stereocenters. The van der Waals surface area contributed by atoms with E-state index in [2.05, 4.69) is 4.74 Å². The number of carbonyl (C=O) groups is 2.